The van der Waals surface area contributed by atoms with Crippen molar-refractivity contribution in [3.05, 3.63) is 125 Å². The van der Waals surface area contributed by atoms with Crippen LogP contribution >= 0.6 is 11.8 Å². The van der Waals surface area contributed by atoms with Crippen molar-refractivity contribution < 1.29 is 4.79 Å². The zero-order valence-electron chi connectivity index (χ0n) is 22.9. The van der Waals surface area contributed by atoms with E-state index in [0.29, 0.717) is 12.1 Å². The predicted molar refractivity (Wildman–Crippen MR) is 165 cm³/mol. The van der Waals surface area contributed by atoms with Crippen molar-refractivity contribution in [2.75, 3.05) is 37.6 Å². The highest BCUT2D eigenvalue weighted by Gasteiger charge is 2.18. The van der Waals surface area contributed by atoms with E-state index in [1.54, 1.807) is 11.8 Å². The monoisotopic (exact) mass is 549 g/mol. The average Bonchev–Trinajstić information content (AvgIpc) is 3.00. The maximum absolute atomic E-state index is 12.5. The number of hydrogen-bond donors (Lipinski definition) is 1. The number of aromatic nitrogens is 2. The second kappa shape index (κ2) is 13.9. The molecule has 40 heavy (non-hydrogen) atoms. The van der Waals surface area contributed by atoms with Crippen molar-refractivity contribution >= 4 is 29.6 Å². The number of thioether (sulfide) groups is 1. The Kier molecular flexibility index (Phi) is 9.61. The van der Waals surface area contributed by atoms with Crippen LogP contribution < -0.4 is 10.2 Å². The largest absolute Gasteiger partial charge is 0.354 e. The molecule has 1 N–H and O–H groups in total. The highest BCUT2D eigenvalue weighted by atomic mass is 32.2. The molecule has 1 aliphatic heterocycles. The predicted octanol–water partition coefficient (Wildman–Crippen LogP) is 5.84. The lowest BCUT2D eigenvalue weighted by molar-refractivity contribution is 0.0951. The number of hydrogen-bond acceptors (Lipinski definition) is 6. The maximum atomic E-state index is 12.5. The van der Waals surface area contributed by atoms with Crippen molar-refractivity contribution in [3.63, 3.8) is 0 Å². The summed E-state index contributed by atoms with van der Waals surface area (Å²) in [5.41, 5.74) is 5.09. The number of aryl methyl sites for hydroxylation is 1. The van der Waals surface area contributed by atoms with Crippen LogP contribution in [0.3, 0.4) is 0 Å². The summed E-state index contributed by atoms with van der Waals surface area (Å²) in [6.07, 6.45) is 4.44. The van der Waals surface area contributed by atoms with Crippen molar-refractivity contribution in [1.29, 1.82) is 0 Å². The molecule has 0 bridgehead atoms. The lowest BCUT2D eigenvalue weighted by Gasteiger charge is -2.35. The molecule has 0 aliphatic carbocycles. The third-order valence-electron chi connectivity index (χ3n) is 6.87. The van der Waals surface area contributed by atoms with Crippen molar-refractivity contribution in [1.82, 2.24) is 20.2 Å². The average molecular weight is 550 g/mol. The van der Waals surface area contributed by atoms with Crippen LogP contribution in [-0.2, 0) is 12.3 Å². The number of nitrogens with one attached hydrogen (secondary N) is 1. The van der Waals surface area contributed by atoms with Gasteiger partial charge in [0.1, 0.15) is 5.82 Å². The Labute approximate surface area is 241 Å². The number of benzene rings is 3. The van der Waals surface area contributed by atoms with E-state index >= 15 is 0 Å². The van der Waals surface area contributed by atoms with Crippen LogP contribution in [0, 0.1) is 6.92 Å². The summed E-state index contributed by atoms with van der Waals surface area (Å²) < 4.78 is 0. The summed E-state index contributed by atoms with van der Waals surface area (Å²) in [6.45, 7) is 7.43. The number of anilines is 1. The zero-order chi connectivity index (χ0) is 27.6. The molecule has 1 saturated heterocycles. The fraction of sp³-hybridized carbons (Fsp3) is 0.242. The van der Waals surface area contributed by atoms with Gasteiger partial charge in [-0.3, -0.25) is 9.69 Å². The Morgan fingerprint density at radius 1 is 0.875 bits per heavy atom. The first-order chi connectivity index (χ1) is 19.6. The minimum absolute atomic E-state index is 0.0676. The first-order valence-corrected chi connectivity index (χ1v) is 14.7. The summed E-state index contributed by atoms with van der Waals surface area (Å²) in [5.74, 6) is 1.68. The van der Waals surface area contributed by atoms with Crippen molar-refractivity contribution in [2.45, 2.75) is 24.4 Å². The van der Waals surface area contributed by atoms with Crippen molar-refractivity contribution in [3.8, 4) is 0 Å². The second-order valence-electron chi connectivity index (χ2n) is 9.90. The quantitative estimate of drug-likeness (QED) is 0.198. The molecule has 2 heterocycles. The number of amides is 1. The van der Waals surface area contributed by atoms with Gasteiger partial charge in [0.15, 0.2) is 5.16 Å². The van der Waals surface area contributed by atoms with Crippen LogP contribution in [0.2, 0.25) is 0 Å². The molecule has 0 spiro atoms. The molecule has 5 rings (SSSR count). The number of rotatable bonds is 10. The molecule has 204 valence electrons. The molecule has 6 nitrogen and oxygen atoms in total. The standard InChI is InChI=1S/C33H35N5OS/c1-26-23-31(38-21-19-37(20-22-38)18-8-13-27-9-4-2-5-10-27)36-33(35-26)40-25-29-14-16-30(17-15-29)32(39)34-24-28-11-6-3-7-12-28/h2-17,23H,18-22,24-25H2,1H3,(H,34,39). The molecule has 1 aromatic heterocycles. The van der Waals surface area contributed by atoms with Gasteiger partial charge in [-0.2, -0.15) is 0 Å². The fourth-order valence-electron chi connectivity index (χ4n) is 4.59. The molecule has 0 atom stereocenters. The molecular formula is C33H35N5OS. The van der Waals surface area contributed by atoms with Crippen LogP contribution in [0.25, 0.3) is 6.08 Å². The summed E-state index contributed by atoms with van der Waals surface area (Å²) in [7, 11) is 0. The molecule has 1 fully saturated rings. The first kappa shape index (κ1) is 27.6. The number of piperazine rings is 1. The molecule has 0 unspecified atom stereocenters. The van der Waals surface area contributed by atoms with Gasteiger partial charge < -0.3 is 10.2 Å². The summed E-state index contributed by atoms with van der Waals surface area (Å²) in [5, 5.41) is 3.77. The lowest BCUT2D eigenvalue weighted by atomic mass is 10.1. The number of carbonyl (C=O) groups is 1. The van der Waals surface area contributed by atoms with Gasteiger partial charge in [0.2, 0.25) is 0 Å². The normalized spacial score (nSPS) is 14.0. The fourth-order valence-corrected chi connectivity index (χ4v) is 5.45. The Balaban J connectivity index is 1.10. The Morgan fingerprint density at radius 2 is 1.57 bits per heavy atom. The molecule has 4 aromatic rings. The summed E-state index contributed by atoms with van der Waals surface area (Å²) >= 11 is 1.63. The molecule has 3 aromatic carbocycles. The van der Waals surface area contributed by atoms with Gasteiger partial charge in [-0.05, 0) is 35.7 Å². The third-order valence-corrected chi connectivity index (χ3v) is 7.79. The van der Waals surface area contributed by atoms with Gasteiger partial charge >= 0.3 is 0 Å². The van der Waals surface area contributed by atoms with E-state index < -0.39 is 0 Å². The minimum Gasteiger partial charge on any atom is -0.354 e. The van der Waals surface area contributed by atoms with E-state index in [0.717, 1.165) is 66.3 Å². The van der Waals surface area contributed by atoms with Gasteiger partial charge in [0, 0.05) is 62.3 Å². The smallest absolute Gasteiger partial charge is 0.251 e. The lowest BCUT2D eigenvalue weighted by Crippen LogP contribution is -2.46. The third kappa shape index (κ3) is 8.04. The highest BCUT2D eigenvalue weighted by Crippen LogP contribution is 2.24. The second-order valence-corrected chi connectivity index (χ2v) is 10.8. The number of nitrogens with zero attached hydrogens (tertiary/aromatic N) is 4. The SMILES string of the molecule is Cc1cc(N2CCN(CC=Cc3ccccc3)CC2)nc(SCc2ccc(C(=O)NCc3ccccc3)cc2)n1. The van der Waals surface area contributed by atoms with Gasteiger partial charge in [-0.1, -0.05) is 96.7 Å². The number of carbonyl (C=O) groups excluding carboxylic acids is 1. The Morgan fingerprint density at radius 3 is 2.30 bits per heavy atom. The van der Waals surface area contributed by atoms with Crippen LogP contribution in [0.15, 0.2) is 102 Å². The van der Waals surface area contributed by atoms with Crippen molar-refractivity contribution in [2.24, 2.45) is 0 Å². The van der Waals surface area contributed by atoms with Gasteiger partial charge in [0.25, 0.3) is 5.91 Å². The van der Waals surface area contributed by atoms with Crippen LogP contribution in [0.1, 0.15) is 32.7 Å². The van der Waals surface area contributed by atoms with E-state index in [2.05, 4.69) is 62.6 Å². The van der Waals surface area contributed by atoms with Gasteiger partial charge in [-0.15, -0.1) is 0 Å². The molecule has 0 saturated carbocycles. The maximum Gasteiger partial charge on any atom is 0.251 e. The van der Waals surface area contributed by atoms with E-state index in [1.165, 1.54) is 5.56 Å². The topological polar surface area (TPSA) is 61.4 Å². The summed E-state index contributed by atoms with van der Waals surface area (Å²) in [4.78, 5) is 26.9. The zero-order valence-corrected chi connectivity index (χ0v) is 23.7. The Bertz CT molecular complexity index is 1400. The van der Waals surface area contributed by atoms with E-state index in [4.69, 9.17) is 4.98 Å². The molecule has 0 radical (unpaired) electrons. The highest BCUT2D eigenvalue weighted by molar-refractivity contribution is 7.98. The van der Waals surface area contributed by atoms with Crippen LogP contribution in [0.5, 0.6) is 0 Å². The minimum atomic E-state index is -0.0676. The van der Waals surface area contributed by atoms with Gasteiger partial charge in [-0.25, -0.2) is 9.97 Å². The molecular weight excluding hydrogens is 514 g/mol. The molecule has 7 heteroatoms. The molecule has 1 amide bonds. The summed E-state index contributed by atoms with van der Waals surface area (Å²) in [6, 6.07) is 30.2. The van der Waals surface area contributed by atoms with Gasteiger partial charge in [0.05, 0.1) is 0 Å². The van der Waals surface area contributed by atoms with E-state index in [9.17, 15) is 4.79 Å². The van der Waals surface area contributed by atoms with Crippen LogP contribution in [-0.4, -0.2) is 53.5 Å². The Hall–Kier alpha value is -3.94. The van der Waals surface area contributed by atoms with E-state index in [1.807, 2.05) is 67.6 Å². The van der Waals surface area contributed by atoms with Crippen LogP contribution in [0.4, 0.5) is 5.82 Å². The van der Waals surface area contributed by atoms with E-state index in [-0.39, 0.29) is 5.91 Å². The first-order valence-electron chi connectivity index (χ1n) is 13.7. The molecule has 1 aliphatic rings.